The minimum atomic E-state index is -1.02. The molecule has 1 heterocycles. The molecule has 0 saturated heterocycles. The minimum Gasteiger partial charge on any atom is -0.480 e. The molecule has 0 fully saturated rings. The zero-order chi connectivity index (χ0) is 14.3. The van der Waals surface area contributed by atoms with Gasteiger partial charge in [0.05, 0.1) is 6.04 Å². The van der Waals surface area contributed by atoms with Gasteiger partial charge < -0.3 is 15.7 Å². The number of carboxylic acid groups (broad SMARTS) is 1. The second-order valence-corrected chi connectivity index (χ2v) is 4.30. The summed E-state index contributed by atoms with van der Waals surface area (Å²) in [6.07, 6.45) is 4.38. The first-order chi connectivity index (χ1) is 9.04. The zero-order valence-corrected chi connectivity index (χ0v) is 11.1. The van der Waals surface area contributed by atoms with Gasteiger partial charge in [0, 0.05) is 12.4 Å². The van der Waals surface area contributed by atoms with Crippen LogP contribution in [0.25, 0.3) is 0 Å². The number of aliphatic carboxylic acids is 1. The van der Waals surface area contributed by atoms with E-state index in [1.807, 2.05) is 13.8 Å². The lowest BCUT2D eigenvalue weighted by molar-refractivity contribution is -0.139. The topological polar surface area (TPSA) is 91.3 Å². The van der Waals surface area contributed by atoms with Crippen molar-refractivity contribution in [2.24, 2.45) is 0 Å². The summed E-state index contributed by atoms with van der Waals surface area (Å²) >= 11 is 0. The van der Waals surface area contributed by atoms with E-state index in [4.69, 9.17) is 5.11 Å². The molecule has 6 heteroatoms. The Hall–Kier alpha value is -2.11. The van der Waals surface area contributed by atoms with Gasteiger partial charge in [0.2, 0.25) is 0 Å². The van der Waals surface area contributed by atoms with E-state index >= 15 is 0 Å². The van der Waals surface area contributed by atoms with Crippen molar-refractivity contribution in [3.8, 4) is 0 Å². The number of nitrogens with one attached hydrogen (secondary N) is 2. The van der Waals surface area contributed by atoms with Crippen molar-refractivity contribution in [3.05, 3.63) is 30.1 Å². The van der Waals surface area contributed by atoms with Crippen molar-refractivity contribution < 1.29 is 14.7 Å². The largest absolute Gasteiger partial charge is 0.480 e. The van der Waals surface area contributed by atoms with Gasteiger partial charge in [-0.15, -0.1) is 0 Å². The maximum atomic E-state index is 11.7. The van der Waals surface area contributed by atoms with Crippen LogP contribution in [0.3, 0.4) is 0 Å². The highest BCUT2D eigenvalue weighted by atomic mass is 16.4. The van der Waals surface area contributed by atoms with Crippen LogP contribution in [0.4, 0.5) is 4.79 Å². The van der Waals surface area contributed by atoms with Gasteiger partial charge in [-0.05, 0) is 31.0 Å². The summed E-state index contributed by atoms with van der Waals surface area (Å²) in [7, 11) is 0. The molecule has 19 heavy (non-hydrogen) atoms. The summed E-state index contributed by atoms with van der Waals surface area (Å²) in [5, 5.41) is 14.1. The molecule has 2 amide bonds. The van der Waals surface area contributed by atoms with Crippen LogP contribution < -0.4 is 10.6 Å². The summed E-state index contributed by atoms with van der Waals surface area (Å²) in [4.78, 5) is 26.5. The Bertz CT molecular complexity index is 422. The van der Waals surface area contributed by atoms with Crippen LogP contribution in [0.1, 0.15) is 38.3 Å². The molecule has 1 aromatic heterocycles. The fourth-order valence-electron chi connectivity index (χ4n) is 1.68. The Balaban J connectivity index is 2.52. The maximum absolute atomic E-state index is 11.7. The van der Waals surface area contributed by atoms with Crippen LogP contribution in [-0.4, -0.2) is 28.1 Å². The summed E-state index contributed by atoms with van der Waals surface area (Å²) in [6.45, 7) is 3.69. The quantitative estimate of drug-likeness (QED) is 0.730. The summed E-state index contributed by atoms with van der Waals surface area (Å²) in [5.41, 5.74) is 0.910. The first-order valence-corrected chi connectivity index (χ1v) is 6.24. The lowest BCUT2D eigenvalue weighted by atomic mass is 10.1. The van der Waals surface area contributed by atoms with Crippen LogP contribution in [0.15, 0.2) is 24.5 Å². The SMILES string of the molecule is CCCC(NC(=O)NC(C)c1ccncc1)C(=O)O. The number of carbonyl (C=O) groups excluding carboxylic acids is 1. The highest BCUT2D eigenvalue weighted by Crippen LogP contribution is 2.09. The van der Waals surface area contributed by atoms with Crippen molar-refractivity contribution in [3.63, 3.8) is 0 Å². The van der Waals surface area contributed by atoms with Crippen molar-refractivity contribution >= 4 is 12.0 Å². The Labute approximate surface area is 112 Å². The number of amides is 2. The Kier molecular flexibility index (Phi) is 5.78. The molecular weight excluding hydrogens is 246 g/mol. The number of aromatic nitrogens is 1. The van der Waals surface area contributed by atoms with Crippen molar-refractivity contribution in [2.75, 3.05) is 0 Å². The van der Waals surface area contributed by atoms with E-state index in [1.54, 1.807) is 24.5 Å². The first-order valence-electron chi connectivity index (χ1n) is 6.24. The van der Waals surface area contributed by atoms with E-state index in [-0.39, 0.29) is 6.04 Å². The van der Waals surface area contributed by atoms with Gasteiger partial charge >= 0.3 is 12.0 Å². The predicted octanol–water partition coefficient (Wildman–Crippen LogP) is 1.70. The third-order valence-electron chi connectivity index (χ3n) is 2.73. The van der Waals surface area contributed by atoms with Gasteiger partial charge in [0.25, 0.3) is 0 Å². The summed E-state index contributed by atoms with van der Waals surface area (Å²) in [5.74, 6) is -1.02. The first kappa shape index (κ1) is 14.9. The zero-order valence-electron chi connectivity index (χ0n) is 11.1. The number of carboxylic acids is 1. The number of hydrogen-bond donors (Lipinski definition) is 3. The molecule has 2 unspecified atom stereocenters. The summed E-state index contributed by atoms with van der Waals surface area (Å²) in [6, 6.07) is 2.05. The molecule has 0 aliphatic rings. The molecule has 0 aromatic carbocycles. The number of rotatable bonds is 6. The van der Waals surface area contributed by atoms with Gasteiger partial charge in [-0.25, -0.2) is 9.59 Å². The van der Waals surface area contributed by atoms with Gasteiger partial charge in [0.15, 0.2) is 0 Å². The molecule has 1 rings (SSSR count). The fourth-order valence-corrected chi connectivity index (χ4v) is 1.68. The lowest BCUT2D eigenvalue weighted by Crippen LogP contribution is -2.46. The van der Waals surface area contributed by atoms with E-state index in [2.05, 4.69) is 15.6 Å². The average molecular weight is 265 g/mol. The molecule has 3 N–H and O–H groups in total. The number of carbonyl (C=O) groups is 2. The van der Waals surface area contributed by atoms with Gasteiger partial charge in [0.1, 0.15) is 6.04 Å². The molecule has 104 valence electrons. The standard InChI is InChI=1S/C13H19N3O3/c1-3-4-11(12(17)18)16-13(19)15-9(2)10-5-7-14-8-6-10/h5-9,11H,3-4H2,1-2H3,(H,17,18)(H2,15,16,19). The van der Waals surface area contributed by atoms with E-state index in [9.17, 15) is 9.59 Å². The molecule has 6 nitrogen and oxygen atoms in total. The fraction of sp³-hybridized carbons (Fsp3) is 0.462. The Morgan fingerprint density at radius 2 is 1.95 bits per heavy atom. The van der Waals surface area contributed by atoms with Crippen molar-refractivity contribution in [1.29, 1.82) is 0 Å². The molecule has 0 saturated carbocycles. The smallest absolute Gasteiger partial charge is 0.326 e. The maximum Gasteiger partial charge on any atom is 0.326 e. The number of urea groups is 1. The molecular formula is C13H19N3O3. The lowest BCUT2D eigenvalue weighted by Gasteiger charge is -2.18. The third-order valence-corrected chi connectivity index (χ3v) is 2.73. The van der Waals surface area contributed by atoms with Gasteiger partial charge in [-0.2, -0.15) is 0 Å². The minimum absolute atomic E-state index is 0.209. The van der Waals surface area contributed by atoms with E-state index in [0.717, 1.165) is 5.56 Å². The van der Waals surface area contributed by atoms with E-state index < -0.39 is 18.0 Å². The monoisotopic (exact) mass is 265 g/mol. The van der Waals surface area contributed by atoms with Crippen LogP contribution >= 0.6 is 0 Å². The molecule has 2 atom stereocenters. The van der Waals surface area contributed by atoms with Crippen molar-refractivity contribution in [2.45, 2.75) is 38.8 Å². The average Bonchev–Trinajstić information content (AvgIpc) is 2.39. The highest BCUT2D eigenvalue weighted by molar-refractivity contribution is 5.82. The number of pyridine rings is 1. The summed E-state index contributed by atoms with van der Waals surface area (Å²) < 4.78 is 0. The van der Waals surface area contributed by atoms with Gasteiger partial charge in [-0.1, -0.05) is 13.3 Å². The molecule has 0 radical (unpaired) electrons. The van der Waals surface area contributed by atoms with Crippen LogP contribution in [0.2, 0.25) is 0 Å². The Morgan fingerprint density at radius 1 is 1.32 bits per heavy atom. The molecule has 0 aliphatic carbocycles. The third kappa shape index (κ3) is 4.95. The molecule has 0 spiro atoms. The highest BCUT2D eigenvalue weighted by Gasteiger charge is 2.19. The van der Waals surface area contributed by atoms with Crippen LogP contribution in [0.5, 0.6) is 0 Å². The molecule has 0 bridgehead atoms. The number of nitrogens with zero attached hydrogens (tertiary/aromatic N) is 1. The van der Waals surface area contributed by atoms with Crippen LogP contribution in [-0.2, 0) is 4.79 Å². The molecule has 0 aliphatic heterocycles. The normalized spacial score (nSPS) is 13.4. The second-order valence-electron chi connectivity index (χ2n) is 4.30. The van der Waals surface area contributed by atoms with E-state index in [0.29, 0.717) is 12.8 Å². The second kappa shape index (κ2) is 7.35. The van der Waals surface area contributed by atoms with Crippen molar-refractivity contribution in [1.82, 2.24) is 15.6 Å². The van der Waals surface area contributed by atoms with Crippen LogP contribution in [0, 0.1) is 0 Å². The molecule has 1 aromatic rings. The Morgan fingerprint density at radius 3 is 2.47 bits per heavy atom. The number of hydrogen-bond acceptors (Lipinski definition) is 3. The van der Waals surface area contributed by atoms with E-state index in [1.165, 1.54) is 0 Å². The predicted molar refractivity (Wildman–Crippen MR) is 70.7 cm³/mol. The van der Waals surface area contributed by atoms with Gasteiger partial charge in [-0.3, -0.25) is 4.98 Å².